The number of aryl methyl sites for hydroxylation is 3. The number of carbonyl (C=O) groups excluding carboxylic acids is 2. The molecular formula is C24H34O5. The van der Waals surface area contributed by atoms with Gasteiger partial charge in [0.2, 0.25) is 0 Å². The molecule has 160 valence electrons. The molecule has 0 aromatic heterocycles. The molecule has 2 aromatic carbocycles. The molecule has 0 spiro atoms. The molecule has 2 aromatic rings. The van der Waals surface area contributed by atoms with Crippen molar-refractivity contribution in [2.24, 2.45) is 0 Å². The summed E-state index contributed by atoms with van der Waals surface area (Å²) in [5.74, 6) is 1.59. The topological polar surface area (TPSA) is 61.8 Å². The maximum Gasteiger partial charge on any atom is 0.305 e. The number of ether oxygens (including phenoxy) is 3. The number of carbonyl (C=O) groups is 2. The summed E-state index contributed by atoms with van der Waals surface area (Å²) in [6.45, 7) is 11.9. The molecule has 29 heavy (non-hydrogen) atoms. The van der Waals surface area contributed by atoms with Crippen molar-refractivity contribution in [1.82, 2.24) is 0 Å². The van der Waals surface area contributed by atoms with Gasteiger partial charge in [-0.2, -0.15) is 0 Å². The van der Waals surface area contributed by atoms with Crippen molar-refractivity contribution in [3.63, 3.8) is 0 Å². The fourth-order valence-electron chi connectivity index (χ4n) is 2.68. The highest BCUT2D eigenvalue weighted by atomic mass is 16.5. The van der Waals surface area contributed by atoms with E-state index in [1.54, 1.807) is 18.2 Å². The lowest BCUT2D eigenvalue weighted by atomic mass is 10.0. The minimum atomic E-state index is -0.227. The zero-order valence-electron chi connectivity index (χ0n) is 18.9. The maximum atomic E-state index is 11.3. The molecule has 5 nitrogen and oxygen atoms in total. The molecule has 0 aliphatic rings. The van der Waals surface area contributed by atoms with Crippen LogP contribution in [0, 0.1) is 13.8 Å². The van der Waals surface area contributed by atoms with E-state index in [1.165, 1.54) is 14.2 Å². The Kier molecular flexibility index (Phi) is 12.8. The van der Waals surface area contributed by atoms with Crippen LogP contribution in [0.4, 0.5) is 0 Å². The van der Waals surface area contributed by atoms with Crippen molar-refractivity contribution in [3.05, 3.63) is 52.6 Å². The van der Waals surface area contributed by atoms with E-state index in [-0.39, 0.29) is 5.97 Å². The predicted octanol–water partition coefficient (Wildman–Crippen LogP) is 6.07. The minimum Gasteiger partial charge on any atom is -0.496 e. The smallest absolute Gasteiger partial charge is 0.305 e. The highest BCUT2D eigenvalue weighted by Crippen LogP contribution is 2.32. The molecule has 0 amide bonds. The molecule has 0 radical (unpaired) electrons. The molecule has 0 saturated heterocycles. The molecule has 0 aliphatic carbocycles. The van der Waals surface area contributed by atoms with Gasteiger partial charge in [-0.1, -0.05) is 39.8 Å². The standard InChI is InChI=1S/C20H22O5.2C2H6/c1-13-9-15(5-8-19(22)24-4)10-14(2)20(13)25-17-6-7-18(23-3)16(11-17)12-21;2*1-2/h6-7,9-12H,5,8H2,1-4H3;2*1-2H3. The van der Waals surface area contributed by atoms with Gasteiger partial charge in [-0.3, -0.25) is 9.59 Å². The van der Waals surface area contributed by atoms with Gasteiger partial charge in [0.05, 0.1) is 19.8 Å². The number of esters is 1. The Hall–Kier alpha value is -2.82. The number of hydrogen-bond donors (Lipinski definition) is 0. The first-order chi connectivity index (χ1) is 14.0. The van der Waals surface area contributed by atoms with E-state index in [1.807, 2.05) is 53.7 Å². The zero-order valence-corrected chi connectivity index (χ0v) is 18.9. The van der Waals surface area contributed by atoms with Crippen molar-refractivity contribution >= 4 is 12.3 Å². The monoisotopic (exact) mass is 402 g/mol. The predicted molar refractivity (Wildman–Crippen MR) is 117 cm³/mol. The van der Waals surface area contributed by atoms with Crippen LogP contribution in [0.25, 0.3) is 0 Å². The van der Waals surface area contributed by atoms with Crippen molar-refractivity contribution in [1.29, 1.82) is 0 Å². The average Bonchev–Trinajstić information content (AvgIpc) is 2.77. The van der Waals surface area contributed by atoms with Crippen LogP contribution in [0.15, 0.2) is 30.3 Å². The highest BCUT2D eigenvalue weighted by molar-refractivity contribution is 5.80. The van der Waals surface area contributed by atoms with Gasteiger partial charge < -0.3 is 14.2 Å². The lowest BCUT2D eigenvalue weighted by Gasteiger charge is -2.15. The fraction of sp³-hybridized carbons (Fsp3) is 0.417. The van der Waals surface area contributed by atoms with Crippen molar-refractivity contribution in [3.8, 4) is 17.2 Å². The summed E-state index contributed by atoms with van der Waals surface area (Å²) in [6, 6.07) is 9.10. The summed E-state index contributed by atoms with van der Waals surface area (Å²) < 4.78 is 15.8. The van der Waals surface area contributed by atoms with Crippen molar-refractivity contribution < 1.29 is 23.8 Å². The van der Waals surface area contributed by atoms with Crippen molar-refractivity contribution in [2.75, 3.05) is 14.2 Å². The Morgan fingerprint density at radius 1 is 0.966 bits per heavy atom. The Bertz CT molecular complexity index is 758. The maximum absolute atomic E-state index is 11.3. The van der Waals surface area contributed by atoms with E-state index in [0.29, 0.717) is 29.9 Å². The number of rotatable bonds is 7. The zero-order chi connectivity index (χ0) is 22.4. The summed E-state index contributed by atoms with van der Waals surface area (Å²) >= 11 is 0. The molecule has 5 heteroatoms. The van der Waals surface area contributed by atoms with Gasteiger partial charge in [0.1, 0.15) is 17.2 Å². The Labute approximate surface area is 175 Å². The molecule has 0 fully saturated rings. The third-order valence-electron chi connectivity index (χ3n) is 3.91. The SMILES string of the molecule is CC.CC.COC(=O)CCc1cc(C)c(Oc2ccc(OC)c(C=O)c2)c(C)c1. The molecule has 0 N–H and O–H groups in total. The van der Waals surface area contributed by atoms with E-state index in [9.17, 15) is 9.59 Å². The van der Waals surface area contributed by atoms with Gasteiger partial charge in [0.15, 0.2) is 6.29 Å². The second-order valence-electron chi connectivity index (χ2n) is 5.76. The van der Waals surface area contributed by atoms with Gasteiger partial charge in [0, 0.05) is 6.42 Å². The largest absolute Gasteiger partial charge is 0.496 e. The molecule has 0 bridgehead atoms. The Morgan fingerprint density at radius 2 is 1.55 bits per heavy atom. The summed E-state index contributed by atoms with van der Waals surface area (Å²) in [5, 5.41) is 0. The second kappa shape index (κ2) is 14.2. The molecule has 0 atom stereocenters. The summed E-state index contributed by atoms with van der Waals surface area (Å²) in [4.78, 5) is 22.4. The average molecular weight is 403 g/mol. The first kappa shape index (κ1) is 26.2. The third kappa shape index (κ3) is 7.98. The Morgan fingerprint density at radius 3 is 2.03 bits per heavy atom. The van der Waals surface area contributed by atoms with Gasteiger partial charge >= 0.3 is 5.97 Å². The molecule has 0 aliphatic heterocycles. The number of hydrogen-bond acceptors (Lipinski definition) is 5. The summed E-state index contributed by atoms with van der Waals surface area (Å²) in [6.07, 6.45) is 1.70. The number of methoxy groups -OCH3 is 2. The van der Waals surface area contributed by atoms with Crippen LogP contribution in [0.3, 0.4) is 0 Å². The molecule has 0 unspecified atom stereocenters. The van der Waals surface area contributed by atoms with Crippen LogP contribution in [0.1, 0.15) is 61.2 Å². The molecule has 2 rings (SSSR count). The normalized spacial score (nSPS) is 9.24. The summed E-state index contributed by atoms with van der Waals surface area (Å²) in [7, 11) is 2.91. The molecular weight excluding hydrogens is 368 g/mol. The highest BCUT2D eigenvalue weighted by Gasteiger charge is 2.11. The Balaban J connectivity index is 0.00000184. The molecule has 0 heterocycles. The van der Waals surface area contributed by atoms with Crippen LogP contribution in [-0.2, 0) is 16.0 Å². The quantitative estimate of drug-likeness (QED) is 0.415. The summed E-state index contributed by atoms with van der Waals surface area (Å²) in [5.41, 5.74) is 3.41. The van der Waals surface area contributed by atoms with Crippen LogP contribution in [0.2, 0.25) is 0 Å². The molecule has 0 saturated carbocycles. The second-order valence-corrected chi connectivity index (χ2v) is 5.76. The van der Waals surface area contributed by atoms with E-state index < -0.39 is 0 Å². The minimum absolute atomic E-state index is 0.227. The van der Waals surface area contributed by atoms with Gasteiger partial charge in [-0.25, -0.2) is 0 Å². The van der Waals surface area contributed by atoms with E-state index in [4.69, 9.17) is 9.47 Å². The van der Waals surface area contributed by atoms with Crippen LogP contribution in [0.5, 0.6) is 17.2 Å². The van der Waals surface area contributed by atoms with Gasteiger partial charge in [-0.15, -0.1) is 0 Å². The lowest BCUT2D eigenvalue weighted by molar-refractivity contribution is -0.140. The van der Waals surface area contributed by atoms with E-state index in [2.05, 4.69) is 4.74 Å². The van der Waals surface area contributed by atoms with Crippen molar-refractivity contribution in [2.45, 2.75) is 54.4 Å². The fourth-order valence-corrected chi connectivity index (χ4v) is 2.68. The van der Waals surface area contributed by atoms with Gasteiger partial charge in [-0.05, 0) is 55.2 Å². The van der Waals surface area contributed by atoms with E-state index >= 15 is 0 Å². The number of benzene rings is 2. The van der Waals surface area contributed by atoms with Crippen LogP contribution < -0.4 is 9.47 Å². The first-order valence-corrected chi connectivity index (χ1v) is 9.96. The van der Waals surface area contributed by atoms with E-state index in [0.717, 1.165) is 28.7 Å². The number of aldehydes is 1. The van der Waals surface area contributed by atoms with Crippen LogP contribution in [-0.4, -0.2) is 26.5 Å². The van der Waals surface area contributed by atoms with Crippen LogP contribution >= 0.6 is 0 Å². The lowest BCUT2D eigenvalue weighted by Crippen LogP contribution is -2.02. The van der Waals surface area contributed by atoms with Gasteiger partial charge in [0.25, 0.3) is 0 Å². The third-order valence-corrected chi connectivity index (χ3v) is 3.91. The first-order valence-electron chi connectivity index (χ1n) is 9.96.